The molecule has 1 saturated heterocycles. The van der Waals surface area contributed by atoms with Crippen molar-refractivity contribution in [3.8, 4) is 11.3 Å². The van der Waals surface area contributed by atoms with Crippen LogP contribution in [0.25, 0.3) is 22.3 Å². The number of anilines is 1. The lowest BCUT2D eigenvalue weighted by Crippen LogP contribution is -2.37. The van der Waals surface area contributed by atoms with Crippen molar-refractivity contribution in [2.24, 2.45) is 0 Å². The Morgan fingerprint density at radius 2 is 1.81 bits per heavy atom. The minimum atomic E-state index is 0.265. The number of morpholine rings is 1. The quantitative estimate of drug-likeness (QED) is 0.685. The molecular formula is C19H25N7O. The molecule has 0 saturated carbocycles. The van der Waals surface area contributed by atoms with Crippen LogP contribution < -0.4 is 4.90 Å². The number of nitrogens with zero attached hydrogens (tertiary/aromatic N) is 7. The summed E-state index contributed by atoms with van der Waals surface area (Å²) in [5, 5.41) is 5.53. The molecule has 0 aliphatic carbocycles. The van der Waals surface area contributed by atoms with Crippen LogP contribution in [0.15, 0.2) is 18.6 Å². The molecule has 0 aromatic carbocycles. The van der Waals surface area contributed by atoms with Crippen LogP contribution in [0.1, 0.15) is 39.1 Å². The van der Waals surface area contributed by atoms with Gasteiger partial charge in [0.15, 0.2) is 5.65 Å². The fourth-order valence-electron chi connectivity index (χ4n) is 3.19. The molecule has 8 nitrogen and oxygen atoms in total. The maximum atomic E-state index is 5.48. The summed E-state index contributed by atoms with van der Waals surface area (Å²) < 4.78 is 7.47. The molecular weight excluding hydrogens is 342 g/mol. The third-order valence-electron chi connectivity index (χ3n) is 5.04. The highest BCUT2D eigenvalue weighted by Crippen LogP contribution is 2.29. The van der Waals surface area contributed by atoms with Gasteiger partial charge < -0.3 is 9.64 Å². The normalized spacial score (nSPS) is 16.0. The van der Waals surface area contributed by atoms with E-state index in [0.717, 1.165) is 54.0 Å². The average molecular weight is 367 g/mol. The lowest BCUT2D eigenvalue weighted by molar-refractivity contribution is 0.122. The van der Waals surface area contributed by atoms with Crippen LogP contribution >= 0.6 is 0 Å². The fraction of sp³-hybridized carbons (Fsp3) is 0.526. The molecule has 3 aromatic rings. The molecule has 1 aliphatic heterocycles. The molecule has 3 aromatic heterocycles. The summed E-state index contributed by atoms with van der Waals surface area (Å²) in [6.45, 7) is 9.31. The van der Waals surface area contributed by atoms with Crippen LogP contribution in [0.3, 0.4) is 0 Å². The Hall–Kier alpha value is -2.61. The Balaban J connectivity index is 1.88. The van der Waals surface area contributed by atoms with Crippen LogP contribution in [-0.2, 0) is 11.2 Å². The number of ether oxygens (including phenoxy) is 1. The number of hydrogen-bond donors (Lipinski definition) is 0. The van der Waals surface area contributed by atoms with Gasteiger partial charge in [-0.3, -0.25) is 0 Å². The third-order valence-corrected chi connectivity index (χ3v) is 5.04. The van der Waals surface area contributed by atoms with Crippen LogP contribution in [0.2, 0.25) is 0 Å². The Morgan fingerprint density at radius 1 is 1.07 bits per heavy atom. The maximum absolute atomic E-state index is 5.48. The van der Waals surface area contributed by atoms with E-state index in [1.54, 1.807) is 0 Å². The van der Waals surface area contributed by atoms with Crippen molar-refractivity contribution in [1.29, 1.82) is 0 Å². The van der Waals surface area contributed by atoms with Gasteiger partial charge in [0.25, 0.3) is 0 Å². The first kappa shape index (κ1) is 17.8. The summed E-state index contributed by atoms with van der Waals surface area (Å²) in [4.78, 5) is 20.8. The molecule has 1 atom stereocenters. The first-order valence-electron chi connectivity index (χ1n) is 9.60. The Morgan fingerprint density at radius 3 is 2.48 bits per heavy atom. The highest BCUT2D eigenvalue weighted by Gasteiger charge is 2.21. The average Bonchev–Trinajstić information content (AvgIpc) is 3.17. The fourth-order valence-corrected chi connectivity index (χ4v) is 3.19. The van der Waals surface area contributed by atoms with Gasteiger partial charge in [-0.1, -0.05) is 13.8 Å². The zero-order valence-electron chi connectivity index (χ0n) is 16.1. The topological polar surface area (TPSA) is 81.9 Å². The van der Waals surface area contributed by atoms with Gasteiger partial charge in [-0.15, -0.1) is 0 Å². The first-order valence-corrected chi connectivity index (χ1v) is 9.60. The molecule has 0 N–H and O–H groups in total. The zero-order valence-corrected chi connectivity index (χ0v) is 16.1. The van der Waals surface area contributed by atoms with Gasteiger partial charge in [0.2, 0.25) is 5.95 Å². The maximum Gasteiger partial charge on any atom is 0.228 e. The lowest BCUT2D eigenvalue weighted by atomic mass is 10.2. The minimum Gasteiger partial charge on any atom is -0.378 e. The van der Waals surface area contributed by atoms with Gasteiger partial charge >= 0.3 is 0 Å². The van der Waals surface area contributed by atoms with E-state index < -0.39 is 0 Å². The van der Waals surface area contributed by atoms with Crippen LogP contribution in [-0.4, -0.2) is 56.0 Å². The second-order valence-corrected chi connectivity index (χ2v) is 6.80. The predicted molar refractivity (Wildman–Crippen MR) is 104 cm³/mol. The minimum absolute atomic E-state index is 0.265. The number of aromatic nitrogens is 6. The number of rotatable bonds is 5. The van der Waals surface area contributed by atoms with Gasteiger partial charge in [0, 0.05) is 37.5 Å². The molecule has 1 aliphatic rings. The number of fused-ring (bicyclic) bond motifs is 1. The Kier molecular flexibility index (Phi) is 4.98. The van der Waals surface area contributed by atoms with Crippen LogP contribution in [0, 0.1) is 0 Å². The molecule has 27 heavy (non-hydrogen) atoms. The van der Waals surface area contributed by atoms with Gasteiger partial charge in [-0.25, -0.2) is 19.6 Å². The second kappa shape index (κ2) is 7.56. The smallest absolute Gasteiger partial charge is 0.228 e. The van der Waals surface area contributed by atoms with E-state index in [1.165, 1.54) is 0 Å². The molecule has 0 spiro atoms. The Labute approximate surface area is 158 Å². The Bertz CT molecular complexity index is 916. The van der Waals surface area contributed by atoms with Crippen molar-refractivity contribution in [3.05, 3.63) is 24.4 Å². The summed E-state index contributed by atoms with van der Waals surface area (Å²) in [5.41, 5.74) is 2.58. The monoisotopic (exact) mass is 367 g/mol. The van der Waals surface area contributed by atoms with E-state index in [4.69, 9.17) is 14.7 Å². The zero-order chi connectivity index (χ0) is 18.8. The van der Waals surface area contributed by atoms with Crippen molar-refractivity contribution in [2.75, 3.05) is 31.2 Å². The van der Waals surface area contributed by atoms with E-state index in [0.29, 0.717) is 19.2 Å². The third kappa shape index (κ3) is 3.37. The summed E-state index contributed by atoms with van der Waals surface area (Å²) >= 11 is 0. The number of aryl methyl sites for hydroxylation is 1. The summed E-state index contributed by atoms with van der Waals surface area (Å²) in [7, 11) is 0. The lowest BCUT2D eigenvalue weighted by Gasteiger charge is -2.27. The molecule has 0 radical (unpaired) electrons. The van der Waals surface area contributed by atoms with Crippen molar-refractivity contribution in [3.63, 3.8) is 0 Å². The molecule has 1 fully saturated rings. The van der Waals surface area contributed by atoms with E-state index >= 15 is 0 Å². The predicted octanol–water partition coefficient (Wildman–Crippen LogP) is 2.65. The van der Waals surface area contributed by atoms with Gasteiger partial charge in [-0.05, 0) is 13.3 Å². The number of hydrogen-bond acceptors (Lipinski definition) is 7. The molecule has 0 bridgehead atoms. The summed E-state index contributed by atoms with van der Waals surface area (Å²) in [6, 6.07) is 0.265. The summed E-state index contributed by atoms with van der Waals surface area (Å²) in [6.07, 6.45) is 7.34. The molecule has 0 amide bonds. The first-order chi connectivity index (χ1) is 13.2. The van der Waals surface area contributed by atoms with Crippen molar-refractivity contribution in [1.82, 2.24) is 29.7 Å². The van der Waals surface area contributed by atoms with Crippen molar-refractivity contribution in [2.45, 2.75) is 39.7 Å². The van der Waals surface area contributed by atoms with E-state index in [2.05, 4.69) is 33.8 Å². The van der Waals surface area contributed by atoms with Gasteiger partial charge in [0.05, 0.1) is 36.5 Å². The van der Waals surface area contributed by atoms with E-state index in [9.17, 15) is 0 Å². The second-order valence-electron chi connectivity index (χ2n) is 6.80. The molecule has 142 valence electrons. The molecule has 8 heteroatoms. The van der Waals surface area contributed by atoms with Crippen molar-refractivity contribution >= 4 is 17.0 Å². The SMILES string of the molecule is CCc1ncc(-c2nc(N3CCOCC3)nc3c2cnn3C(C)CC)cn1. The largest absolute Gasteiger partial charge is 0.378 e. The van der Waals surface area contributed by atoms with Crippen molar-refractivity contribution < 1.29 is 4.74 Å². The van der Waals surface area contributed by atoms with E-state index in [1.807, 2.05) is 30.2 Å². The van der Waals surface area contributed by atoms with Gasteiger partial charge in [-0.2, -0.15) is 10.1 Å². The highest BCUT2D eigenvalue weighted by molar-refractivity contribution is 5.90. The molecule has 1 unspecified atom stereocenters. The van der Waals surface area contributed by atoms with E-state index in [-0.39, 0.29) is 6.04 Å². The summed E-state index contributed by atoms with van der Waals surface area (Å²) in [5.74, 6) is 1.54. The standard InChI is InChI=1S/C19H25N7O/c1-4-13(3)26-18-15(12-22-26)17(14-10-20-16(5-2)21-11-14)23-19(24-18)25-6-8-27-9-7-25/h10-13H,4-9H2,1-3H3. The van der Waals surface area contributed by atoms with Gasteiger partial charge in [0.1, 0.15) is 5.82 Å². The van der Waals surface area contributed by atoms with Crippen LogP contribution in [0.5, 0.6) is 0 Å². The van der Waals surface area contributed by atoms with Crippen LogP contribution in [0.4, 0.5) is 5.95 Å². The molecule has 4 heterocycles. The molecule has 4 rings (SSSR count). The highest BCUT2D eigenvalue weighted by atomic mass is 16.5.